The molecular formula is C18H21N3O2. The Morgan fingerprint density at radius 2 is 1.91 bits per heavy atom. The molecule has 3 rings (SSSR count). The van der Waals surface area contributed by atoms with E-state index in [0.717, 1.165) is 30.0 Å². The molecule has 0 bridgehead atoms. The summed E-state index contributed by atoms with van der Waals surface area (Å²) in [6, 6.07) is 9.88. The summed E-state index contributed by atoms with van der Waals surface area (Å²) >= 11 is 0. The van der Waals surface area contributed by atoms with Crippen LogP contribution < -0.4 is 0 Å². The first-order chi connectivity index (χ1) is 11.2. The lowest BCUT2D eigenvalue weighted by atomic mass is 9.93. The van der Waals surface area contributed by atoms with Gasteiger partial charge in [-0.1, -0.05) is 12.1 Å². The van der Waals surface area contributed by atoms with Crippen molar-refractivity contribution in [2.24, 2.45) is 5.92 Å². The van der Waals surface area contributed by atoms with Gasteiger partial charge >= 0.3 is 5.97 Å². The Morgan fingerprint density at radius 1 is 1.17 bits per heavy atom. The van der Waals surface area contributed by atoms with E-state index in [1.807, 2.05) is 30.5 Å². The summed E-state index contributed by atoms with van der Waals surface area (Å²) in [6.45, 7) is 3.55. The van der Waals surface area contributed by atoms with E-state index in [9.17, 15) is 9.90 Å². The quantitative estimate of drug-likeness (QED) is 0.940. The van der Waals surface area contributed by atoms with Crippen molar-refractivity contribution in [1.29, 1.82) is 0 Å². The van der Waals surface area contributed by atoms with Crippen molar-refractivity contribution in [2.75, 3.05) is 13.1 Å². The molecule has 2 aromatic heterocycles. The third-order valence-corrected chi connectivity index (χ3v) is 4.52. The topological polar surface area (TPSA) is 66.3 Å². The number of carboxylic acids is 1. The largest absolute Gasteiger partial charge is 0.481 e. The molecule has 3 heterocycles. The number of piperidine rings is 1. The van der Waals surface area contributed by atoms with Crippen LogP contribution in [0.2, 0.25) is 0 Å². The van der Waals surface area contributed by atoms with Crippen LogP contribution in [0.1, 0.15) is 35.8 Å². The van der Waals surface area contributed by atoms with Crippen LogP contribution in [0.4, 0.5) is 0 Å². The van der Waals surface area contributed by atoms with Crippen molar-refractivity contribution in [1.82, 2.24) is 14.9 Å². The standard InChI is InChI=1S/C18H21N3O2/c1-13-5-4-10-20-16(13)17(15-6-2-3-9-19-15)21-11-7-14(8-12-21)18(22)23/h2-6,9-10,14,17H,7-8,11-12H2,1H3,(H,22,23). The Balaban J connectivity index is 1.91. The van der Waals surface area contributed by atoms with Crippen molar-refractivity contribution in [2.45, 2.75) is 25.8 Å². The molecule has 0 aliphatic carbocycles. The number of hydrogen-bond donors (Lipinski definition) is 1. The number of carboxylic acid groups (broad SMARTS) is 1. The number of carbonyl (C=O) groups is 1. The van der Waals surface area contributed by atoms with E-state index in [4.69, 9.17) is 0 Å². The van der Waals surface area contributed by atoms with Crippen LogP contribution in [0.25, 0.3) is 0 Å². The number of hydrogen-bond acceptors (Lipinski definition) is 4. The highest BCUT2D eigenvalue weighted by Crippen LogP contribution is 2.31. The van der Waals surface area contributed by atoms with E-state index < -0.39 is 5.97 Å². The van der Waals surface area contributed by atoms with Gasteiger partial charge in [0.25, 0.3) is 0 Å². The number of pyridine rings is 2. The molecule has 1 unspecified atom stereocenters. The van der Waals surface area contributed by atoms with Gasteiger partial charge in [0.05, 0.1) is 23.3 Å². The average Bonchev–Trinajstić information content (AvgIpc) is 2.58. The lowest BCUT2D eigenvalue weighted by Gasteiger charge is -2.36. The van der Waals surface area contributed by atoms with E-state index in [0.29, 0.717) is 12.8 Å². The molecule has 1 atom stereocenters. The number of aryl methyl sites for hydroxylation is 1. The molecule has 120 valence electrons. The van der Waals surface area contributed by atoms with Gasteiger partial charge < -0.3 is 5.11 Å². The molecule has 0 saturated carbocycles. The molecular weight excluding hydrogens is 290 g/mol. The number of aromatic nitrogens is 2. The maximum Gasteiger partial charge on any atom is 0.306 e. The van der Waals surface area contributed by atoms with Crippen molar-refractivity contribution < 1.29 is 9.90 Å². The van der Waals surface area contributed by atoms with Gasteiger partial charge in [0.15, 0.2) is 0 Å². The van der Waals surface area contributed by atoms with Crippen molar-refractivity contribution in [3.63, 3.8) is 0 Å². The Kier molecular flexibility index (Phi) is 4.67. The Labute approximate surface area is 136 Å². The number of aliphatic carboxylic acids is 1. The van der Waals surface area contributed by atoms with Gasteiger partial charge in [0.1, 0.15) is 0 Å². The zero-order valence-corrected chi connectivity index (χ0v) is 13.2. The number of likely N-dealkylation sites (tertiary alicyclic amines) is 1. The smallest absolute Gasteiger partial charge is 0.306 e. The van der Waals surface area contributed by atoms with Crippen molar-refractivity contribution in [3.05, 3.63) is 59.7 Å². The molecule has 1 saturated heterocycles. The molecule has 5 heteroatoms. The molecule has 0 amide bonds. The summed E-state index contributed by atoms with van der Waals surface area (Å²) in [5, 5.41) is 9.20. The second-order valence-electron chi connectivity index (χ2n) is 6.01. The molecule has 1 aliphatic heterocycles. The summed E-state index contributed by atoms with van der Waals surface area (Å²) in [5.74, 6) is -0.923. The molecule has 2 aromatic rings. The Hall–Kier alpha value is -2.27. The predicted octanol–water partition coefficient (Wildman–Crippen LogP) is 2.67. The second-order valence-corrected chi connectivity index (χ2v) is 6.01. The molecule has 1 aliphatic rings. The Morgan fingerprint density at radius 3 is 2.52 bits per heavy atom. The monoisotopic (exact) mass is 311 g/mol. The summed E-state index contributed by atoms with van der Waals surface area (Å²) in [7, 11) is 0. The fourth-order valence-electron chi connectivity index (χ4n) is 3.23. The molecule has 1 N–H and O–H groups in total. The van der Waals surface area contributed by atoms with Crippen LogP contribution in [0.15, 0.2) is 42.7 Å². The molecule has 0 spiro atoms. The zero-order valence-electron chi connectivity index (χ0n) is 13.2. The van der Waals surface area contributed by atoms with Crippen molar-refractivity contribution >= 4 is 5.97 Å². The lowest BCUT2D eigenvalue weighted by Crippen LogP contribution is -2.40. The van der Waals surface area contributed by atoms with E-state index in [1.165, 1.54) is 0 Å². The van der Waals surface area contributed by atoms with Gasteiger partial charge in [-0.25, -0.2) is 0 Å². The van der Waals surface area contributed by atoms with Gasteiger partial charge in [-0.3, -0.25) is 19.7 Å². The van der Waals surface area contributed by atoms with Gasteiger partial charge in [-0.05, 0) is 56.6 Å². The maximum absolute atomic E-state index is 11.2. The third-order valence-electron chi connectivity index (χ3n) is 4.52. The summed E-state index contributed by atoms with van der Waals surface area (Å²) in [4.78, 5) is 22.6. The van der Waals surface area contributed by atoms with E-state index in [-0.39, 0.29) is 12.0 Å². The van der Waals surface area contributed by atoms with Crippen LogP contribution in [-0.2, 0) is 4.79 Å². The first-order valence-corrected chi connectivity index (χ1v) is 7.96. The lowest BCUT2D eigenvalue weighted by molar-refractivity contribution is -0.143. The fourth-order valence-corrected chi connectivity index (χ4v) is 3.23. The van der Waals surface area contributed by atoms with Crippen LogP contribution >= 0.6 is 0 Å². The maximum atomic E-state index is 11.2. The van der Waals surface area contributed by atoms with E-state index in [2.05, 4.69) is 27.9 Å². The van der Waals surface area contributed by atoms with Gasteiger partial charge in [-0.15, -0.1) is 0 Å². The number of rotatable bonds is 4. The minimum Gasteiger partial charge on any atom is -0.481 e. The van der Waals surface area contributed by atoms with Gasteiger partial charge in [0.2, 0.25) is 0 Å². The molecule has 23 heavy (non-hydrogen) atoms. The molecule has 1 fully saturated rings. The Bertz CT molecular complexity index is 667. The average molecular weight is 311 g/mol. The highest BCUT2D eigenvalue weighted by atomic mass is 16.4. The first kappa shape index (κ1) is 15.6. The van der Waals surface area contributed by atoms with Crippen LogP contribution in [-0.4, -0.2) is 39.0 Å². The fraction of sp³-hybridized carbons (Fsp3) is 0.389. The SMILES string of the molecule is Cc1cccnc1C(c1ccccn1)N1CCC(C(=O)O)CC1. The van der Waals surface area contributed by atoms with E-state index in [1.54, 1.807) is 6.20 Å². The third kappa shape index (κ3) is 3.40. The molecule has 5 nitrogen and oxygen atoms in total. The zero-order chi connectivity index (χ0) is 16.2. The summed E-state index contributed by atoms with van der Waals surface area (Å²) in [5.41, 5.74) is 3.09. The summed E-state index contributed by atoms with van der Waals surface area (Å²) < 4.78 is 0. The minimum atomic E-state index is -0.687. The van der Waals surface area contributed by atoms with Gasteiger partial charge in [0, 0.05) is 12.4 Å². The van der Waals surface area contributed by atoms with Crippen LogP contribution in [0.3, 0.4) is 0 Å². The minimum absolute atomic E-state index is 0.0212. The highest BCUT2D eigenvalue weighted by Gasteiger charge is 2.31. The van der Waals surface area contributed by atoms with Gasteiger partial charge in [-0.2, -0.15) is 0 Å². The predicted molar refractivity (Wildman–Crippen MR) is 87.0 cm³/mol. The first-order valence-electron chi connectivity index (χ1n) is 7.96. The molecule has 0 radical (unpaired) electrons. The van der Waals surface area contributed by atoms with Crippen LogP contribution in [0.5, 0.6) is 0 Å². The van der Waals surface area contributed by atoms with E-state index >= 15 is 0 Å². The summed E-state index contributed by atoms with van der Waals surface area (Å²) in [6.07, 6.45) is 4.95. The molecule has 0 aromatic carbocycles. The second kappa shape index (κ2) is 6.87. The highest BCUT2D eigenvalue weighted by molar-refractivity contribution is 5.70. The van der Waals surface area contributed by atoms with Crippen LogP contribution in [0, 0.1) is 12.8 Å². The normalized spacial score (nSPS) is 17.8. The number of nitrogens with zero attached hydrogens (tertiary/aromatic N) is 3. The van der Waals surface area contributed by atoms with Crippen molar-refractivity contribution in [3.8, 4) is 0 Å².